The van der Waals surface area contributed by atoms with Gasteiger partial charge in [0.25, 0.3) is 0 Å². The minimum absolute atomic E-state index is 0.143. The normalized spacial score (nSPS) is 15.8. The molecule has 80 valence electrons. The molecule has 0 atom stereocenters. The second-order valence-electron chi connectivity index (χ2n) is 3.66. The van der Waals surface area contributed by atoms with Crippen LogP contribution in [0.15, 0.2) is 28.7 Å². The van der Waals surface area contributed by atoms with Crippen molar-refractivity contribution in [3.05, 3.63) is 34.3 Å². The second kappa shape index (κ2) is 4.77. The SMILES string of the molecule is O=C(NCc1ccccc1Br)C1CNC1. The topological polar surface area (TPSA) is 41.1 Å². The third-order valence-corrected chi connectivity index (χ3v) is 3.34. The van der Waals surface area contributed by atoms with Crippen molar-refractivity contribution < 1.29 is 4.79 Å². The highest BCUT2D eigenvalue weighted by atomic mass is 79.9. The Morgan fingerprint density at radius 2 is 2.20 bits per heavy atom. The quantitative estimate of drug-likeness (QED) is 0.868. The minimum Gasteiger partial charge on any atom is -0.352 e. The van der Waals surface area contributed by atoms with E-state index in [-0.39, 0.29) is 11.8 Å². The van der Waals surface area contributed by atoms with Gasteiger partial charge in [-0.3, -0.25) is 4.79 Å². The molecule has 15 heavy (non-hydrogen) atoms. The summed E-state index contributed by atoms with van der Waals surface area (Å²) in [7, 11) is 0. The van der Waals surface area contributed by atoms with Gasteiger partial charge in [-0.05, 0) is 11.6 Å². The van der Waals surface area contributed by atoms with Gasteiger partial charge < -0.3 is 10.6 Å². The molecule has 1 amide bonds. The molecule has 1 aromatic carbocycles. The lowest BCUT2D eigenvalue weighted by Gasteiger charge is -2.25. The van der Waals surface area contributed by atoms with Crippen molar-refractivity contribution in [1.29, 1.82) is 0 Å². The maximum absolute atomic E-state index is 11.5. The van der Waals surface area contributed by atoms with Crippen molar-refractivity contribution in [2.45, 2.75) is 6.54 Å². The molecule has 2 rings (SSSR count). The highest BCUT2D eigenvalue weighted by Crippen LogP contribution is 2.15. The van der Waals surface area contributed by atoms with Crippen LogP contribution in [0.25, 0.3) is 0 Å². The molecule has 0 unspecified atom stereocenters. The second-order valence-corrected chi connectivity index (χ2v) is 4.52. The van der Waals surface area contributed by atoms with Gasteiger partial charge in [0, 0.05) is 24.1 Å². The van der Waals surface area contributed by atoms with Gasteiger partial charge in [-0.1, -0.05) is 34.1 Å². The monoisotopic (exact) mass is 268 g/mol. The van der Waals surface area contributed by atoms with Crippen LogP contribution in [0.5, 0.6) is 0 Å². The number of hydrogen-bond donors (Lipinski definition) is 2. The Bertz CT molecular complexity index is 363. The van der Waals surface area contributed by atoms with Crippen molar-refractivity contribution in [2.75, 3.05) is 13.1 Å². The summed E-state index contributed by atoms with van der Waals surface area (Å²) in [6, 6.07) is 7.91. The molecule has 0 radical (unpaired) electrons. The molecule has 1 heterocycles. The fraction of sp³-hybridized carbons (Fsp3) is 0.364. The Morgan fingerprint density at radius 3 is 2.80 bits per heavy atom. The molecule has 1 saturated heterocycles. The predicted molar refractivity (Wildman–Crippen MR) is 62.3 cm³/mol. The Labute approximate surface area is 97.4 Å². The fourth-order valence-corrected chi connectivity index (χ4v) is 1.87. The lowest BCUT2D eigenvalue weighted by atomic mass is 10.0. The number of benzene rings is 1. The summed E-state index contributed by atoms with van der Waals surface area (Å²) in [6.45, 7) is 2.21. The van der Waals surface area contributed by atoms with E-state index in [0.29, 0.717) is 6.54 Å². The Morgan fingerprint density at radius 1 is 1.47 bits per heavy atom. The number of halogens is 1. The van der Waals surface area contributed by atoms with Crippen molar-refractivity contribution in [2.24, 2.45) is 5.92 Å². The van der Waals surface area contributed by atoms with Gasteiger partial charge in [0.2, 0.25) is 5.91 Å². The average Bonchev–Trinajstić information content (AvgIpc) is 2.14. The van der Waals surface area contributed by atoms with Crippen LogP contribution in [0, 0.1) is 5.92 Å². The zero-order valence-electron chi connectivity index (χ0n) is 8.29. The van der Waals surface area contributed by atoms with Crippen LogP contribution in [-0.2, 0) is 11.3 Å². The predicted octanol–water partition coefficient (Wildman–Crippen LogP) is 1.28. The van der Waals surface area contributed by atoms with Crippen LogP contribution in [0.2, 0.25) is 0 Å². The first-order valence-corrected chi connectivity index (χ1v) is 5.78. The van der Waals surface area contributed by atoms with E-state index in [1.54, 1.807) is 0 Å². The Balaban J connectivity index is 1.87. The van der Waals surface area contributed by atoms with Gasteiger partial charge in [-0.15, -0.1) is 0 Å². The molecular weight excluding hydrogens is 256 g/mol. The molecule has 0 spiro atoms. The molecule has 1 aromatic rings. The van der Waals surface area contributed by atoms with Crippen LogP contribution in [0.4, 0.5) is 0 Å². The van der Waals surface area contributed by atoms with Gasteiger partial charge in [0.1, 0.15) is 0 Å². The largest absolute Gasteiger partial charge is 0.352 e. The molecule has 1 fully saturated rings. The van der Waals surface area contributed by atoms with E-state index in [2.05, 4.69) is 26.6 Å². The zero-order valence-corrected chi connectivity index (χ0v) is 9.88. The van der Waals surface area contributed by atoms with E-state index in [0.717, 1.165) is 23.1 Å². The highest BCUT2D eigenvalue weighted by Gasteiger charge is 2.24. The van der Waals surface area contributed by atoms with Crippen LogP contribution in [0.1, 0.15) is 5.56 Å². The van der Waals surface area contributed by atoms with Crippen molar-refractivity contribution in [3.8, 4) is 0 Å². The maximum atomic E-state index is 11.5. The van der Waals surface area contributed by atoms with E-state index in [1.165, 1.54) is 0 Å². The summed E-state index contributed by atoms with van der Waals surface area (Å²) in [5.41, 5.74) is 1.11. The van der Waals surface area contributed by atoms with E-state index in [4.69, 9.17) is 0 Å². The molecule has 0 saturated carbocycles. The lowest BCUT2D eigenvalue weighted by molar-refractivity contribution is -0.126. The zero-order chi connectivity index (χ0) is 10.7. The van der Waals surface area contributed by atoms with Gasteiger partial charge in [0.05, 0.1) is 5.92 Å². The Hall–Kier alpha value is -0.870. The number of amides is 1. The summed E-state index contributed by atoms with van der Waals surface area (Å²) in [5, 5.41) is 6.01. The van der Waals surface area contributed by atoms with Crippen molar-refractivity contribution in [3.63, 3.8) is 0 Å². The average molecular weight is 269 g/mol. The molecule has 0 bridgehead atoms. The molecule has 1 aliphatic heterocycles. The number of carbonyl (C=O) groups excluding carboxylic acids is 1. The smallest absolute Gasteiger partial charge is 0.225 e. The molecular formula is C11H13BrN2O. The summed E-state index contributed by atoms with van der Waals surface area (Å²) >= 11 is 3.45. The van der Waals surface area contributed by atoms with E-state index in [1.807, 2.05) is 24.3 Å². The molecule has 1 aliphatic rings. The van der Waals surface area contributed by atoms with Crippen molar-refractivity contribution in [1.82, 2.24) is 10.6 Å². The van der Waals surface area contributed by atoms with Crippen LogP contribution in [0.3, 0.4) is 0 Å². The molecule has 0 aromatic heterocycles. The highest BCUT2D eigenvalue weighted by molar-refractivity contribution is 9.10. The maximum Gasteiger partial charge on any atom is 0.225 e. The summed E-state index contributed by atoms with van der Waals surface area (Å²) in [4.78, 5) is 11.5. The number of nitrogens with one attached hydrogen (secondary N) is 2. The molecule has 4 heteroatoms. The third-order valence-electron chi connectivity index (χ3n) is 2.56. The van der Waals surface area contributed by atoms with Gasteiger partial charge in [-0.25, -0.2) is 0 Å². The summed E-state index contributed by atoms with van der Waals surface area (Å²) in [6.07, 6.45) is 0. The number of rotatable bonds is 3. The van der Waals surface area contributed by atoms with Crippen LogP contribution in [-0.4, -0.2) is 19.0 Å². The standard InChI is InChI=1S/C11H13BrN2O/c12-10-4-2-1-3-8(10)7-14-11(15)9-5-13-6-9/h1-4,9,13H,5-7H2,(H,14,15). The Kier molecular flexibility index (Phi) is 3.38. The van der Waals surface area contributed by atoms with Crippen LogP contribution >= 0.6 is 15.9 Å². The summed E-state index contributed by atoms with van der Waals surface area (Å²) < 4.78 is 1.04. The first kappa shape index (κ1) is 10.6. The van der Waals surface area contributed by atoms with Gasteiger partial charge >= 0.3 is 0 Å². The van der Waals surface area contributed by atoms with Crippen molar-refractivity contribution >= 4 is 21.8 Å². The molecule has 3 nitrogen and oxygen atoms in total. The number of hydrogen-bond acceptors (Lipinski definition) is 2. The lowest BCUT2D eigenvalue weighted by Crippen LogP contribution is -2.50. The first-order valence-electron chi connectivity index (χ1n) is 4.99. The molecule has 0 aliphatic carbocycles. The molecule has 2 N–H and O–H groups in total. The van der Waals surface area contributed by atoms with Gasteiger partial charge in [-0.2, -0.15) is 0 Å². The fourth-order valence-electron chi connectivity index (χ4n) is 1.44. The van der Waals surface area contributed by atoms with Crippen LogP contribution < -0.4 is 10.6 Å². The van der Waals surface area contributed by atoms with E-state index < -0.39 is 0 Å². The third kappa shape index (κ3) is 2.58. The minimum atomic E-state index is 0.143. The van der Waals surface area contributed by atoms with E-state index in [9.17, 15) is 4.79 Å². The number of carbonyl (C=O) groups is 1. The van der Waals surface area contributed by atoms with Gasteiger partial charge in [0.15, 0.2) is 0 Å². The summed E-state index contributed by atoms with van der Waals surface area (Å²) in [5.74, 6) is 0.303. The first-order chi connectivity index (χ1) is 7.27. The van der Waals surface area contributed by atoms with E-state index >= 15 is 0 Å².